The van der Waals surface area contributed by atoms with E-state index in [0.29, 0.717) is 5.75 Å². The van der Waals surface area contributed by atoms with E-state index in [-0.39, 0.29) is 13.4 Å². The Bertz CT molecular complexity index is 820. The second kappa shape index (κ2) is 8.28. The normalized spacial score (nSPS) is 25.3. The summed E-state index contributed by atoms with van der Waals surface area (Å²) < 4.78 is 23.0. The van der Waals surface area contributed by atoms with Crippen molar-refractivity contribution in [3.63, 3.8) is 0 Å². The van der Waals surface area contributed by atoms with E-state index in [1.807, 2.05) is 18.2 Å². The molecule has 1 aromatic heterocycles. The number of nitrogens with one attached hydrogen (secondary N) is 1. The van der Waals surface area contributed by atoms with Crippen LogP contribution in [0.3, 0.4) is 0 Å². The summed E-state index contributed by atoms with van der Waals surface area (Å²) in [5, 5.41) is 10.5. The zero-order chi connectivity index (χ0) is 18.5. The standard InChI is InChI=1S/C17H20N2O7/c1-23-9-12-14(21)15(25-10-24-11-5-3-2-4-6-11)16(26-12)19-8-7-13(20)18-17(19)22/h2-8,12,14-16,21H,9-10H2,1H3,(H,18,20,22). The predicted molar refractivity (Wildman–Crippen MR) is 89.9 cm³/mol. The first kappa shape index (κ1) is 18.3. The molecule has 0 spiro atoms. The second-order valence-corrected chi connectivity index (χ2v) is 5.73. The van der Waals surface area contributed by atoms with Crippen LogP contribution in [-0.2, 0) is 14.2 Å². The van der Waals surface area contributed by atoms with Gasteiger partial charge in [-0.1, -0.05) is 18.2 Å². The van der Waals surface area contributed by atoms with E-state index in [1.165, 1.54) is 19.4 Å². The molecule has 4 atom stereocenters. The lowest BCUT2D eigenvalue weighted by Crippen LogP contribution is -2.40. The maximum Gasteiger partial charge on any atom is 0.330 e. The number of aromatic amines is 1. The number of hydrogen-bond acceptors (Lipinski definition) is 7. The largest absolute Gasteiger partial charge is 0.468 e. The highest BCUT2D eigenvalue weighted by Gasteiger charge is 2.46. The third kappa shape index (κ3) is 4.02. The molecular weight excluding hydrogens is 344 g/mol. The van der Waals surface area contributed by atoms with Crippen LogP contribution in [0.5, 0.6) is 5.75 Å². The molecule has 4 unspecified atom stereocenters. The van der Waals surface area contributed by atoms with Crippen molar-refractivity contribution >= 4 is 0 Å². The van der Waals surface area contributed by atoms with Gasteiger partial charge in [0.05, 0.1) is 6.61 Å². The molecule has 0 saturated carbocycles. The van der Waals surface area contributed by atoms with E-state index in [0.717, 1.165) is 4.57 Å². The molecule has 1 aliphatic rings. The van der Waals surface area contributed by atoms with E-state index in [2.05, 4.69) is 4.98 Å². The van der Waals surface area contributed by atoms with Gasteiger partial charge in [-0.15, -0.1) is 0 Å². The van der Waals surface area contributed by atoms with Crippen molar-refractivity contribution in [1.29, 1.82) is 0 Å². The maximum absolute atomic E-state index is 12.1. The van der Waals surface area contributed by atoms with Crippen molar-refractivity contribution in [2.24, 2.45) is 0 Å². The van der Waals surface area contributed by atoms with Crippen molar-refractivity contribution in [1.82, 2.24) is 9.55 Å². The molecule has 2 aromatic rings. The van der Waals surface area contributed by atoms with Gasteiger partial charge in [-0.05, 0) is 12.1 Å². The van der Waals surface area contributed by atoms with E-state index in [9.17, 15) is 14.7 Å². The summed E-state index contributed by atoms with van der Waals surface area (Å²) in [5.74, 6) is 0.604. The van der Waals surface area contributed by atoms with Gasteiger partial charge in [0.2, 0.25) is 0 Å². The number of aromatic nitrogens is 2. The van der Waals surface area contributed by atoms with Crippen molar-refractivity contribution in [2.75, 3.05) is 20.5 Å². The number of H-pyrrole nitrogens is 1. The third-order valence-corrected chi connectivity index (χ3v) is 4.00. The molecule has 0 amide bonds. The average molecular weight is 364 g/mol. The Kier molecular flexibility index (Phi) is 5.84. The molecule has 1 saturated heterocycles. The first-order valence-electron chi connectivity index (χ1n) is 8.03. The molecule has 0 radical (unpaired) electrons. The molecular formula is C17H20N2O7. The van der Waals surface area contributed by atoms with Crippen LogP contribution < -0.4 is 16.0 Å². The van der Waals surface area contributed by atoms with Gasteiger partial charge < -0.3 is 24.1 Å². The minimum Gasteiger partial charge on any atom is -0.468 e. The Balaban J connectivity index is 1.76. The molecule has 1 aliphatic heterocycles. The van der Waals surface area contributed by atoms with Gasteiger partial charge >= 0.3 is 5.69 Å². The topological polar surface area (TPSA) is 112 Å². The van der Waals surface area contributed by atoms with Gasteiger partial charge in [0.15, 0.2) is 13.0 Å². The van der Waals surface area contributed by atoms with Gasteiger partial charge in [-0.3, -0.25) is 14.3 Å². The SMILES string of the molecule is COCC1OC(n2ccc(=O)[nH]c2=O)C(OCOc2ccccc2)C1O. The zero-order valence-corrected chi connectivity index (χ0v) is 14.1. The summed E-state index contributed by atoms with van der Waals surface area (Å²) in [5.41, 5.74) is -1.19. The van der Waals surface area contributed by atoms with Crippen molar-refractivity contribution in [2.45, 2.75) is 24.5 Å². The third-order valence-electron chi connectivity index (χ3n) is 4.00. The van der Waals surface area contributed by atoms with Crippen LogP contribution in [-0.4, -0.2) is 53.5 Å². The number of aliphatic hydroxyl groups is 1. The van der Waals surface area contributed by atoms with Crippen molar-refractivity contribution < 1.29 is 24.1 Å². The Hall–Kier alpha value is -2.46. The number of para-hydroxylation sites is 1. The molecule has 1 fully saturated rings. The number of methoxy groups -OCH3 is 1. The number of hydrogen-bond donors (Lipinski definition) is 2. The van der Waals surface area contributed by atoms with E-state index < -0.39 is 35.8 Å². The molecule has 2 heterocycles. The van der Waals surface area contributed by atoms with Gasteiger partial charge in [0, 0.05) is 19.4 Å². The van der Waals surface area contributed by atoms with Crippen molar-refractivity contribution in [3.8, 4) is 5.75 Å². The quantitative estimate of drug-likeness (QED) is 0.658. The van der Waals surface area contributed by atoms with Crippen LogP contribution in [0.4, 0.5) is 0 Å². The molecule has 2 N–H and O–H groups in total. The first-order chi connectivity index (χ1) is 12.6. The molecule has 140 valence electrons. The molecule has 26 heavy (non-hydrogen) atoms. The lowest BCUT2D eigenvalue weighted by Gasteiger charge is -2.22. The van der Waals surface area contributed by atoms with Crippen LogP contribution >= 0.6 is 0 Å². The monoisotopic (exact) mass is 364 g/mol. The molecule has 0 aliphatic carbocycles. The van der Waals surface area contributed by atoms with Crippen LogP contribution in [0.2, 0.25) is 0 Å². The summed E-state index contributed by atoms with van der Waals surface area (Å²) in [4.78, 5) is 25.5. The van der Waals surface area contributed by atoms with E-state index in [1.54, 1.807) is 12.1 Å². The van der Waals surface area contributed by atoms with Crippen LogP contribution in [0, 0.1) is 0 Å². The van der Waals surface area contributed by atoms with E-state index >= 15 is 0 Å². The highest BCUT2D eigenvalue weighted by atomic mass is 16.7. The smallest absolute Gasteiger partial charge is 0.330 e. The number of ether oxygens (including phenoxy) is 4. The second-order valence-electron chi connectivity index (χ2n) is 5.73. The van der Waals surface area contributed by atoms with Gasteiger partial charge in [-0.25, -0.2) is 4.79 Å². The molecule has 0 bridgehead atoms. The summed E-state index contributed by atoms with van der Waals surface area (Å²) in [6.45, 7) is -0.0292. The molecule has 9 nitrogen and oxygen atoms in total. The number of nitrogens with zero attached hydrogens (tertiary/aromatic N) is 1. The minimum atomic E-state index is -1.04. The van der Waals surface area contributed by atoms with Crippen LogP contribution in [0.15, 0.2) is 52.2 Å². The van der Waals surface area contributed by atoms with Gasteiger partial charge in [0.1, 0.15) is 24.1 Å². The molecule has 1 aromatic carbocycles. The fourth-order valence-corrected chi connectivity index (χ4v) is 2.75. The lowest BCUT2D eigenvalue weighted by molar-refractivity contribution is -0.111. The number of rotatable bonds is 7. The number of benzene rings is 1. The van der Waals surface area contributed by atoms with Crippen LogP contribution in [0.25, 0.3) is 0 Å². The highest BCUT2D eigenvalue weighted by molar-refractivity contribution is 5.20. The van der Waals surface area contributed by atoms with Crippen molar-refractivity contribution in [3.05, 3.63) is 63.4 Å². The fraction of sp³-hybridized carbons (Fsp3) is 0.412. The minimum absolute atomic E-state index is 0.120. The summed E-state index contributed by atoms with van der Waals surface area (Å²) in [7, 11) is 1.48. The summed E-state index contributed by atoms with van der Waals surface area (Å²) in [6, 6.07) is 10.2. The van der Waals surface area contributed by atoms with Gasteiger partial charge in [0.25, 0.3) is 5.56 Å². The molecule has 3 rings (SSSR count). The number of aliphatic hydroxyl groups excluding tert-OH is 1. The molecule has 9 heteroatoms. The zero-order valence-electron chi connectivity index (χ0n) is 14.1. The Morgan fingerprint density at radius 2 is 2.00 bits per heavy atom. The maximum atomic E-state index is 12.1. The van der Waals surface area contributed by atoms with E-state index in [4.69, 9.17) is 18.9 Å². The summed E-state index contributed by atoms with van der Waals surface area (Å²) >= 11 is 0. The summed E-state index contributed by atoms with van der Waals surface area (Å²) in [6.07, 6.45) is -2.26. The average Bonchev–Trinajstić information content (AvgIpc) is 2.93. The Morgan fingerprint density at radius 3 is 2.69 bits per heavy atom. The van der Waals surface area contributed by atoms with Gasteiger partial charge in [-0.2, -0.15) is 0 Å². The van der Waals surface area contributed by atoms with Crippen LogP contribution in [0.1, 0.15) is 6.23 Å². The Morgan fingerprint density at radius 1 is 1.23 bits per heavy atom. The Labute approximate surface area is 148 Å². The first-order valence-corrected chi connectivity index (χ1v) is 8.03. The highest BCUT2D eigenvalue weighted by Crippen LogP contribution is 2.31. The fourth-order valence-electron chi connectivity index (χ4n) is 2.75. The lowest BCUT2D eigenvalue weighted by atomic mass is 10.1. The predicted octanol–water partition coefficient (Wildman–Crippen LogP) is -0.137.